The SMILES string of the molecule is c1ccc(Cc2nnc(SCc3coc(-c4ccccc4)n3)n2-c2ccccc2)cc1. The van der Waals surface area contributed by atoms with E-state index in [9.17, 15) is 0 Å². The number of nitrogens with zero attached hydrogens (tertiary/aromatic N) is 4. The second kappa shape index (κ2) is 9.02. The molecule has 0 aliphatic heterocycles. The van der Waals surface area contributed by atoms with E-state index in [2.05, 4.69) is 44.0 Å². The van der Waals surface area contributed by atoms with Gasteiger partial charge in [-0.2, -0.15) is 0 Å². The lowest BCUT2D eigenvalue weighted by molar-refractivity contribution is 0.573. The third-order valence-electron chi connectivity index (χ3n) is 4.84. The molecule has 0 radical (unpaired) electrons. The summed E-state index contributed by atoms with van der Waals surface area (Å²) in [5.74, 6) is 2.18. The molecule has 0 fully saturated rings. The third kappa shape index (κ3) is 4.44. The number of oxazole rings is 1. The smallest absolute Gasteiger partial charge is 0.226 e. The molecule has 0 aliphatic rings. The largest absolute Gasteiger partial charge is 0.444 e. The first-order valence-electron chi connectivity index (χ1n) is 10.0. The molecule has 0 N–H and O–H groups in total. The van der Waals surface area contributed by atoms with Crippen LogP contribution in [0, 0.1) is 0 Å². The molecule has 0 bridgehead atoms. The van der Waals surface area contributed by atoms with E-state index in [1.165, 1.54) is 5.56 Å². The van der Waals surface area contributed by atoms with E-state index in [1.54, 1.807) is 18.0 Å². The standard InChI is InChI=1S/C25H20N4OS/c1-4-10-19(11-5-1)16-23-27-28-25(29(23)22-14-8-3-9-15-22)31-18-21-17-30-24(26-21)20-12-6-2-7-13-20/h1-15,17H,16,18H2. The molecule has 0 saturated carbocycles. The fourth-order valence-electron chi connectivity index (χ4n) is 3.35. The summed E-state index contributed by atoms with van der Waals surface area (Å²) < 4.78 is 7.79. The van der Waals surface area contributed by atoms with E-state index in [1.807, 2.05) is 66.7 Å². The van der Waals surface area contributed by atoms with Gasteiger partial charge in [0.15, 0.2) is 5.16 Å². The zero-order valence-electron chi connectivity index (χ0n) is 16.8. The van der Waals surface area contributed by atoms with Crippen molar-refractivity contribution in [1.29, 1.82) is 0 Å². The summed E-state index contributed by atoms with van der Waals surface area (Å²) in [7, 11) is 0. The van der Waals surface area contributed by atoms with Gasteiger partial charge in [-0.1, -0.05) is 78.5 Å². The Kier molecular flexibility index (Phi) is 5.62. The highest BCUT2D eigenvalue weighted by atomic mass is 32.2. The summed E-state index contributed by atoms with van der Waals surface area (Å²) in [5, 5.41) is 9.82. The summed E-state index contributed by atoms with van der Waals surface area (Å²) in [6.45, 7) is 0. The molecule has 0 aliphatic carbocycles. The molecule has 6 heteroatoms. The van der Waals surface area contributed by atoms with E-state index in [0.717, 1.165) is 27.9 Å². The van der Waals surface area contributed by atoms with Crippen molar-refractivity contribution in [1.82, 2.24) is 19.7 Å². The summed E-state index contributed by atoms with van der Waals surface area (Å²) in [6, 6.07) is 30.5. The monoisotopic (exact) mass is 424 g/mol. The predicted molar refractivity (Wildman–Crippen MR) is 122 cm³/mol. The van der Waals surface area contributed by atoms with Gasteiger partial charge in [0.1, 0.15) is 12.1 Å². The lowest BCUT2D eigenvalue weighted by Crippen LogP contribution is -2.03. The summed E-state index contributed by atoms with van der Waals surface area (Å²) in [5.41, 5.74) is 4.09. The minimum absolute atomic E-state index is 0.630. The lowest BCUT2D eigenvalue weighted by Gasteiger charge is -2.10. The normalized spacial score (nSPS) is 11.0. The number of hydrogen-bond donors (Lipinski definition) is 0. The van der Waals surface area contributed by atoms with Gasteiger partial charge in [-0.05, 0) is 29.8 Å². The first kappa shape index (κ1) is 19.3. The van der Waals surface area contributed by atoms with Crippen molar-refractivity contribution < 1.29 is 4.42 Å². The molecule has 5 aromatic rings. The molecule has 0 saturated heterocycles. The van der Waals surface area contributed by atoms with Crippen LogP contribution in [0.25, 0.3) is 17.1 Å². The molecule has 152 valence electrons. The number of rotatable bonds is 7. The van der Waals surface area contributed by atoms with Gasteiger partial charge in [-0.15, -0.1) is 10.2 Å². The highest BCUT2D eigenvalue weighted by Crippen LogP contribution is 2.27. The highest BCUT2D eigenvalue weighted by Gasteiger charge is 2.16. The molecule has 0 unspecified atom stereocenters. The number of hydrogen-bond acceptors (Lipinski definition) is 5. The highest BCUT2D eigenvalue weighted by molar-refractivity contribution is 7.98. The Morgan fingerprint density at radius 3 is 2.19 bits per heavy atom. The Morgan fingerprint density at radius 1 is 0.774 bits per heavy atom. The molecule has 3 aromatic carbocycles. The number of para-hydroxylation sites is 1. The molecule has 5 rings (SSSR count). The molecular weight excluding hydrogens is 404 g/mol. The minimum atomic E-state index is 0.630. The van der Waals surface area contributed by atoms with Gasteiger partial charge >= 0.3 is 0 Å². The van der Waals surface area contributed by atoms with Crippen LogP contribution in [0.2, 0.25) is 0 Å². The van der Waals surface area contributed by atoms with Crippen LogP contribution in [0.4, 0.5) is 0 Å². The maximum absolute atomic E-state index is 5.67. The summed E-state index contributed by atoms with van der Waals surface area (Å²) >= 11 is 1.60. The number of aromatic nitrogens is 4. The molecule has 2 heterocycles. The second-order valence-electron chi connectivity index (χ2n) is 7.03. The molecule has 31 heavy (non-hydrogen) atoms. The Labute approximate surface area is 184 Å². The van der Waals surface area contributed by atoms with Crippen LogP contribution in [0.5, 0.6) is 0 Å². The number of benzene rings is 3. The Hall–Kier alpha value is -3.64. The second-order valence-corrected chi connectivity index (χ2v) is 7.97. The van der Waals surface area contributed by atoms with E-state index in [-0.39, 0.29) is 0 Å². The van der Waals surface area contributed by atoms with E-state index in [0.29, 0.717) is 18.1 Å². The Bertz CT molecular complexity index is 1250. The average molecular weight is 425 g/mol. The Morgan fingerprint density at radius 2 is 1.45 bits per heavy atom. The van der Waals surface area contributed by atoms with Crippen molar-refractivity contribution in [2.75, 3.05) is 0 Å². The molecule has 0 spiro atoms. The zero-order valence-corrected chi connectivity index (χ0v) is 17.6. The van der Waals surface area contributed by atoms with E-state index < -0.39 is 0 Å². The first-order valence-corrected chi connectivity index (χ1v) is 11.0. The van der Waals surface area contributed by atoms with Crippen LogP contribution in [0.3, 0.4) is 0 Å². The maximum atomic E-state index is 5.67. The molecule has 0 atom stereocenters. The zero-order chi connectivity index (χ0) is 20.9. The summed E-state index contributed by atoms with van der Waals surface area (Å²) in [6.07, 6.45) is 2.43. The van der Waals surface area contributed by atoms with Crippen molar-refractivity contribution in [3.05, 3.63) is 114 Å². The van der Waals surface area contributed by atoms with Crippen molar-refractivity contribution in [3.63, 3.8) is 0 Å². The van der Waals surface area contributed by atoms with E-state index in [4.69, 9.17) is 4.42 Å². The van der Waals surface area contributed by atoms with Gasteiger partial charge in [0.25, 0.3) is 0 Å². The van der Waals surface area contributed by atoms with Crippen molar-refractivity contribution >= 4 is 11.8 Å². The quantitative estimate of drug-likeness (QED) is 0.309. The van der Waals surface area contributed by atoms with Crippen LogP contribution >= 0.6 is 11.8 Å². The van der Waals surface area contributed by atoms with Crippen LogP contribution in [0.15, 0.2) is 107 Å². The predicted octanol–water partition coefficient (Wildman–Crippen LogP) is 5.81. The van der Waals surface area contributed by atoms with Gasteiger partial charge in [0, 0.05) is 23.4 Å². The van der Waals surface area contributed by atoms with Crippen LogP contribution < -0.4 is 0 Å². The van der Waals surface area contributed by atoms with Crippen LogP contribution in [-0.2, 0) is 12.2 Å². The Balaban J connectivity index is 1.40. The van der Waals surface area contributed by atoms with Gasteiger partial charge in [-0.3, -0.25) is 4.57 Å². The van der Waals surface area contributed by atoms with E-state index >= 15 is 0 Å². The van der Waals surface area contributed by atoms with Crippen molar-refractivity contribution in [2.45, 2.75) is 17.3 Å². The average Bonchev–Trinajstić information content (AvgIpc) is 3.47. The lowest BCUT2D eigenvalue weighted by atomic mass is 10.1. The summed E-state index contributed by atoms with van der Waals surface area (Å²) in [4.78, 5) is 4.63. The first-order chi connectivity index (χ1) is 15.4. The van der Waals surface area contributed by atoms with Crippen LogP contribution in [0.1, 0.15) is 17.1 Å². The van der Waals surface area contributed by atoms with Gasteiger partial charge in [0.05, 0.1) is 5.69 Å². The van der Waals surface area contributed by atoms with Gasteiger partial charge in [-0.25, -0.2) is 4.98 Å². The number of thioether (sulfide) groups is 1. The van der Waals surface area contributed by atoms with Gasteiger partial charge < -0.3 is 4.42 Å². The fraction of sp³-hybridized carbons (Fsp3) is 0.0800. The van der Waals surface area contributed by atoms with Crippen LogP contribution in [-0.4, -0.2) is 19.7 Å². The van der Waals surface area contributed by atoms with Crippen molar-refractivity contribution in [2.24, 2.45) is 0 Å². The minimum Gasteiger partial charge on any atom is -0.444 e. The molecule has 0 amide bonds. The topological polar surface area (TPSA) is 56.7 Å². The fourth-order valence-corrected chi connectivity index (χ4v) is 4.20. The van der Waals surface area contributed by atoms with Gasteiger partial charge in [0.2, 0.25) is 5.89 Å². The maximum Gasteiger partial charge on any atom is 0.226 e. The third-order valence-corrected chi connectivity index (χ3v) is 5.80. The molecule has 2 aromatic heterocycles. The molecule has 5 nitrogen and oxygen atoms in total. The molecular formula is C25H20N4OS. The van der Waals surface area contributed by atoms with Crippen molar-refractivity contribution in [3.8, 4) is 17.1 Å².